The molecule has 19 heavy (non-hydrogen) atoms. The van der Waals surface area contributed by atoms with Crippen molar-refractivity contribution < 1.29 is 17.9 Å². The zero-order valence-corrected chi connectivity index (χ0v) is 12.2. The van der Waals surface area contributed by atoms with E-state index in [4.69, 9.17) is 23.2 Å². The number of aromatic nitrogens is 2. The second-order valence-corrected chi connectivity index (χ2v) is 6.01. The fourth-order valence-electron chi connectivity index (χ4n) is 1.13. The van der Waals surface area contributed by atoms with E-state index >= 15 is 0 Å². The Morgan fingerprint density at radius 2 is 2.11 bits per heavy atom. The quantitative estimate of drug-likeness (QED) is 0.627. The molecule has 0 unspecified atom stereocenters. The van der Waals surface area contributed by atoms with Crippen LogP contribution in [0.1, 0.15) is 12.8 Å². The van der Waals surface area contributed by atoms with Crippen molar-refractivity contribution in [2.75, 3.05) is 17.6 Å². The third-order valence-corrected chi connectivity index (χ3v) is 4.09. The van der Waals surface area contributed by atoms with Crippen LogP contribution in [-0.2, 0) is 19.6 Å². The van der Waals surface area contributed by atoms with Crippen LogP contribution < -0.4 is 4.72 Å². The van der Waals surface area contributed by atoms with E-state index in [0.29, 0.717) is 0 Å². The molecule has 1 aromatic heterocycles. The maximum absolute atomic E-state index is 11.7. The first-order valence-corrected chi connectivity index (χ1v) is 7.50. The third kappa shape index (κ3) is 5.17. The Morgan fingerprint density at radius 3 is 2.74 bits per heavy atom. The normalized spacial score (nSPS) is 11.1. The van der Waals surface area contributed by atoms with Crippen molar-refractivity contribution in [1.82, 2.24) is 9.97 Å². The summed E-state index contributed by atoms with van der Waals surface area (Å²) in [6.45, 7) is 0. The first kappa shape index (κ1) is 15.9. The van der Waals surface area contributed by atoms with E-state index in [1.54, 1.807) is 0 Å². The molecule has 0 atom stereocenters. The van der Waals surface area contributed by atoms with Crippen LogP contribution in [0, 0.1) is 0 Å². The molecule has 0 saturated heterocycles. The number of methoxy groups -OCH3 is 1. The number of carbonyl (C=O) groups excluding carboxylic acids is 1. The average Bonchev–Trinajstić information content (AvgIpc) is 2.34. The topological polar surface area (TPSA) is 98.2 Å². The number of rotatable bonds is 6. The minimum Gasteiger partial charge on any atom is -0.469 e. The van der Waals surface area contributed by atoms with Crippen molar-refractivity contribution in [1.29, 1.82) is 0 Å². The van der Waals surface area contributed by atoms with E-state index in [2.05, 4.69) is 19.4 Å². The highest BCUT2D eigenvalue weighted by Crippen LogP contribution is 2.26. The summed E-state index contributed by atoms with van der Waals surface area (Å²) in [7, 11) is -2.44. The molecule has 106 valence electrons. The Bertz CT molecular complexity index is 565. The number of sulfonamides is 1. The van der Waals surface area contributed by atoms with Crippen molar-refractivity contribution in [3.8, 4) is 0 Å². The summed E-state index contributed by atoms with van der Waals surface area (Å²) in [4.78, 5) is 18.1. The molecule has 0 aliphatic rings. The molecular formula is C9H11Cl2N3O4S. The summed E-state index contributed by atoms with van der Waals surface area (Å²) in [6, 6.07) is 0. The van der Waals surface area contributed by atoms with E-state index < -0.39 is 16.0 Å². The van der Waals surface area contributed by atoms with Gasteiger partial charge in [-0.2, -0.15) is 0 Å². The van der Waals surface area contributed by atoms with Gasteiger partial charge in [0.2, 0.25) is 10.0 Å². The van der Waals surface area contributed by atoms with Crippen molar-refractivity contribution in [2.45, 2.75) is 12.8 Å². The lowest BCUT2D eigenvalue weighted by atomic mass is 10.3. The van der Waals surface area contributed by atoms with Gasteiger partial charge in [0.05, 0.1) is 12.9 Å². The monoisotopic (exact) mass is 327 g/mol. The van der Waals surface area contributed by atoms with Gasteiger partial charge in [0, 0.05) is 6.42 Å². The molecule has 10 heteroatoms. The highest BCUT2D eigenvalue weighted by Gasteiger charge is 2.16. The minimum absolute atomic E-state index is 0.00960. The number of carbonyl (C=O) groups is 1. The standard InChI is InChI=1S/C9H11Cl2N3O4S/c1-18-6(15)3-2-4-19(16,17)14-9-7(10)8(11)12-5-13-9/h5H,2-4H2,1H3,(H,12,13,14). The predicted octanol–water partition coefficient (Wildman–Crippen LogP) is 1.48. The van der Waals surface area contributed by atoms with Gasteiger partial charge in [-0.25, -0.2) is 18.4 Å². The van der Waals surface area contributed by atoms with Crippen LogP contribution in [0.2, 0.25) is 10.2 Å². The Balaban J connectivity index is 2.64. The van der Waals surface area contributed by atoms with Crippen molar-refractivity contribution in [2.24, 2.45) is 0 Å². The fourth-order valence-corrected chi connectivity index (χ4v) is 2.54. The van der Waals surface area contributed by atoms with Crippen LogP contribution in [0.3, 0.4) is 0 Å². The van der Waals surface area contributed by atoms with Crippen molar-refractivity contribution in [3.05, 3.63) is 16.5 Å². The van der Waals surface area contributed by atoms with Gasteiger partial charge in [0.15, 0.2) is 11.0 Å². The van der Waals surface area contributed by atoms with Crippen LogP contribution in [0.15, 0.2) is 6.33 Å². The summed E-state index contributed by atoms with van der Waals surface area (Å²) in [5.41, 5.74) is 0. The zero-order valence-electron chi connectivity index (χ0n) is 9.89. The lowest BCUT2D eigenvalue weighted by Crippen LogP contribution is -2.18. The molecule has 1 heterocycles. The molecule has 7 nitrogen and oxygen atoms in total. The molecule has 1 N–H and O–H groups in total. The van der Waals surface area contributed by atoms with Gasteiger partial charge in [-0.15, -0.1) is 0 Å². The van der Waals surface area contributed by atoms with Gasteiger partial charge in [-0.05, 0) is 6.42 Å². The van der Waals surface area contributed by atoms with Crippen LogP contribution in [0.5, 0.6) is 0 Å². The molecule has 0 spiro atoms. The number of anilines is 1. The van der Waals surface area contributed by atoms with Gasteiger partial charge in [0.25, 0.3) is 0 Å². The molecule has 0 amide bonds. The number of hydrogen-bond acceptors (Lipinski definition) is 6. The number of hydrogen-bond donors (Lipinski definition) is 1. The SMILES string of the molecule is COC(=O)CCCS(=O)(=O)Nc1ncnc(Cl)c1Cl. The largest absolute Gasteiger partial charge is 0.469 e. The number of halogens is 2. The van der Waals surface area contributed by atoms with Gasteiger partial charge >= 0.3 is 5.97 Å². The highest BCUT2D eigenvalue weighted by atomic mass is 35.5. The molecule has 0 fully saturated rings. The van der Waals surface area contributed by atoms with E-state index in [0.717, 1.165) is 6.33 Å². The smallest absolute Gasteiger partial charge is 0.305 e. The molecule has 0 bridgehead atoms. The van der Waals surface area contributed by atoms with E-state index in [9.17, 15) is 13.2 Å². The molecule has 1 rings (SSSR count). The van der Waals surface area contributed by atoms with Crippen molar-refractivity contribution in [3.63, 3.8) is 0 Å². The van der Waals surface area contributed by atoms with Gasteiger partial charge < -0.3 is 4.74 Å². The van der Waals surface area contributed by atoms with Gasteiger partial charge in [-0.1, -0.05) is 23.2 Å². The lowest BCUT2D eigenvalue weighted by molar-refractivity contribution is -0.140. The van der Waals surface area contributed by atoms with E-state index in [1.165, 1.54) is 7.11 Å². The van der Waals surface area contributed by atoms with E-state index in [1.807, 2.05) is 0 Å². The summed E-state index contributed by atoms with van der Waals surface area (Å²) >= 11 is 11.4. The Morgan fingerprint density at radius 1 is 1.42 bits per heavy atom. The molecule has 1 aromatic rings. The minimum atomic E-state index is -3.67. The molecule has 0 saturated carbocycles. The number of esters is 1. The summed E-state index contributed by atoms with van der Waals surface area (Å²) in [5, 5.41) is -0.135. The van der Waals surface area contributed by atoms with E-state index in [-0.39, 0.29) is 34.6 Å². The molecule has 0 aliphatic heterocycles. The number of ether oxygens (including phenoxy) is 1. The first-order valence-electron chi connectivity index (χ1n) is 5.09. The number of nitrogens with one attached hydrogen (secondary N) is 1. The second-order valence-electron chi connectivity index (χ2n) is 3.43. The molecular weight excluding hydrogens is 317 g/mol. The maximum atomic E-state index is 11.7. The average molecular weight is 328 g/mol. The molecule has 0 aromatic carbocycles. The molecule has 0 radical (unpaired) electrons. The third-order valence-electron chi connectivity index (χ3n) is 2.02. The molecule has 0 aliphatic carbocycles. The fraction of sp³-hybridized carbons (Fsp3) is 0.444. The first-order chi connectivity index (χ1) is 8.85. The highest BCUT2D eigenvalue weighted by molar-refractivity contribution is 7.92. The van der Waals surface area contributed by atoms with Crippen LogP contribution in [-0.4, -0.2) is 37.2 Å². The predicted molar refractivity (Wildman–Crippen MR) is 70.7 cm³/mol. The van der Waals surface area contributed by atoms with Crippen LogP contribution >= 0.6 is 23.2 Å². The summed E-state index contributed by atoms with van der Waals surface area (Å²) in [5.74, 6) is -0.835. The van der Waals surface area contributed by atoms with Crippen LogP contribution in [0.25, 0.3) is 0 Å². The number of nitrogens with zero attached hydrogens (tertiary/aromatic N) is 2. The van der Waals surface area contributed by atoms with Crippen LogP contribution in [0.4, 0.5) is 5.82 Å². The zero-order chi connectivity index (χ0) is 14.5. The van der Waals surface area contributed by atoms with Gasteiger partial charge in [0.1, 0.15) is 11.3 Å². The summed E-state index contributed by atoms with van der Waals surface area (Å²) in [6.07, 6.45) is 1.22. The maximum Gasteiger partial charge on any atom is 0.305 e. The van der Waals surface area contributed by atoms with Gasteiger partial charge in [-0.3, -0.25) is 9.52 Å². The Kier molecular flexibility index (Phi) is 5.77. The Hall–Kier alpha value is -1.12. The Labute approximate surface area is 120 Å². The lowest BCUT2D eigenvalue weighted by Gasteiger charge is -2.08. The second kappa shape index (κ2) is 6.88. The summed E-state index contributed by atoms with van der Waals surface area (Å²) < 4.78 is 30.0. The van der Waals surface area contributed by atoms with Crippen molar-refractivity contribution >= 4 is 45.0 Å².